The van der Waals surface area contributed by atoms with E-state index in [2.05, 4.69) is 35.3 Å². The molecule has 1 saturated carbocycles. The molecule has 0 unspecified atom stereocenters. The second-order valence-electron chi connectivity index (χ2n) is 4.24. The molecule has 0 saturated heterocycles. The van der Waals surface area contributed by atoms with Crippen molar-refractivity contribution in [1.29, 1.82) is 0 Å². The Balaban J connectivity index is 2.21. The van der Waals surface area contributed by atoms with Gasteiger partial charge in [-0.05, 0) is 24.1 Å². The lowest BCUT2D eigenvalue weighted by Gasteiger charge is -2.39. The lowest BCUT2D eigenvalue weighted by molar-refractivity contribution is 0.233. The van der Waals surface area contributed by atoms with E-state index < -0.39 is 0 Å². The molecule has 1 fully saturated rings. The zero-order valence-corrected chi connectivity index (χ0v) is 7.66. The predicted octanol–water partition coefficient (Wildman–Crippen LogP) is 1.27. The minimum atomic E-state index is 0.453. The van der Waals surface area contributed by atoms with Gasteiger partial charge in [-0.25, -0.2) is 0 Å². The molecule has 1 aromatic carbocycles. The summed E-state index contributed by atoms with van der Waals surface area (Å²) in [5, 5.41) is 2.52. The SMILES string of the molecule is C1=c2ccccc2=NCC12CCC2. The first-order valence-corrected chi connectivity index (χ1v) is 5.01. The van der Waals surface area contributed by atoms with E-state index in [0.717, 1.165) is 6.54 Å². The molecule has 0 N–H and O–H groups in total. The van der Waals surface area contributed by atoms with Crippen molar-refractivity contribution in [2.75, 3.05) is 6.54 Å². The minimum Gasteiger partial charge on any atom is -0.284 e. The van der Waals surface area contributed by atoms with Crippen molar-refractivity contribution in [1.82, 2.24) is 0 Å². The van der Waals surface area contributed by atoms with Gasteiger partial charge >= 0.3 is 0 Å². The number of fused-ring (bicyclic) bond motifs is 1. The quantitative estimate of drug-likeness (QED) is 0.557. The second-order valence-corrected chi connectivity index (χ2v) is 4.24. The topological polar surface area (TPSA) is 12.4 Å². The Bertz CT molecular complexity index is 440. The van der Waals surface area contributed by atoms with Crippen molar-refractivity contribution in [3.05, 3.63) is 34.8 Å². The molecule has 1 heteroatoms. The van der Waals surface area contributed by atoms with Crippen LogP contribution in [-0.4, -0.2) is 6.54 Å². The number of nitrogens with zero attached hydrogens (tertiary/aromatic N) is 1. The van der Waals surface area contributed by atoms with Gasteiger partial charge in [-0.15, -0.1) is 0 Å². The summed E-state index contributed by atoms with van der Waals surface area (Å²) < 4.78 is 0. The predicted molar refractivity (Wildman–Crippen MR) is 52.8 cm³/mol. The van der Waals surface area contributed by atoms with Crippen LogP contribution < -0.4 is 10.6 Å². The summed E-state index contributed by atoms with van der Waals surface area (Å²) in [4.78, 5) is 4.64. The Morgan fingerprint density at radius 2 is 2.00 bits per heavy atom. The fourth-order valence-electron chi connectivity index (χ4n) is 2.31. The maximum absolute atomic E-state index is 4.64. The Morgan fingerprint density at radius 3 is 2.77 bits per heavy atom. The van der Waals surface area contributed by atoms with Crippen molar-refractivity contribution in [3.63, 3.8) is 0 Å². The highest BCUT2D eigenvalue weighted by atomic mass is 14.8. The third-order valence-electron chi connectivity index (χ3n) is 3.31. The van der Waals surface area contributed by atoms with Gasteiger partial charge in [0.15, 0.2) is 0 Å². The molecule has 66 valence electrons. The smallest absolute Gasteiger partial charge is 0.0643 e. The number of para-hydroxylation sites is 1. The van der Waals surface area contributed by atoms with Gasteiger partial charge in [0.05, 0.1) is 5.36 Å². The minimum absolute atomic E-state index is 0.453. The van der Waals surface area contributed by atoms with Crippen LogP contribution in [-0.2, 0) is 0 Å². The normalized spacial score (nSPS) is 22.5. The summed E-state index contributed by atoms with van der Waals surface area (Å²) in [5.41, 5.74) is 0.453. The Hall–Kier alpha value is -1.11. The lowest BCUT2D eigenvalue weighted by Crippen LogP contribution is -2.40. The van der Waals surface area contributed by atoms with E-state index in [1.165, 1.54) is 29.8 Å². The van der Waals surface area contributed by atoms with E-state index in [0.29, 0.717) is 5.41 Å². The van der Waals surface area contributed by atoms with Gasteiger partial charge in [0.2, 0.25) is 0 Å². The van der Waals surface area contributed by atoms with E-state index in [4.69, 9.17) is 0 Å². The van der Waals surface area contributed by atoms with E-state index in [9.17, 15) is 0 Å². The van der Waals surface area contributed by atoms with Gasteiger partial charge in [0.1, 0.15) is 0 Å². The molecule has 1 aliphatic carbocycles. The Morgan fingerprint density at radius 1 is 1.15 bits per heavy atom. The van der Waals surface area contributed by atoms with Crippen molar-refractivity contribution in [2.24, 2.45) is 10.4 Å². The van der Waals surface area contributed by atoms with Crippen LogP contribution in [0.15, 0.2) is 29.3 Å². The molecule has 1 heterocycles. The fraction of sp³-hybridized carbons (Fsp3) is 0.417. The molecular weight excluding hydrogens is 158 g/mol. The maximum Gasteiger partial charge on any atom is 0.0643 e. The number of rotatable bonds is 0. The van der Waals surface area contributed by atoms with Crippen molar-refractivity contribution in [3.8, 4) is 0 Å². The van der Waals surface area contributed by atoms with Gasteiger partial charge < -0.3 is 0 Å². The molecule has 3 rings (SSSR count). The molecule has 13 heavy (non-hydrogen) atoms. The van der Waals surface area contributed by atoms with Crippen LogP contribution in [0, 0.1) is 5.41 Å². The molecule has 0 atom stereocenters. The van der Waals surface area contributed by atoms with E-state index >= 15 is 0 Å². The fourth-order valence-corrected chi connectivity index (χ4v) is 2.31. The number of benzene rings is 1. The summed E-state index contributed by atoms with van der Waals surface area (Å²) in [5.74, 6) is 0. The molecule has 1 aliphatic heterocycles. The van der Waals surface area contributed by atoms with Gasteiger partial charge in [0.25, 0.3) is 0 Å². The van der Waals surface area contributed by atoms with Gasteiger partial charge in [0, 0.05) is 12.0 Å². The summed E-state index contributed by atoms with van der Waals surface area (Å²) in [6.45, 7) is 1.02. The lowest BCUT2D eigenvalue weighted by atomic mass is 9.68. The van der Waals surface area contributed by atoms with E-state index in [-0.39, 0.29) is 0 Å². The molecule has 0 radical (unpaired) electrons. The van der Waals surface area contributed by atoms with Crippen LogP contribution in [0.3, 0.4) is 0 Å². The third-order valence-corrected chi connectivity index (χ3v) is 3.31. The Labute approximate surface area is 77.8 Å². The van der Waals surface area contributed by atoms with Crippen LogP contribution >= 0.6 is 0 Å². The van der Waals surface area contributed by atoms with E-state index in [1.807, 2.05) is 0 Å². The van der Waals surface area contributed by atoms with Crippen LogP contribution in [0.5, 0.6) is 0 Å². The van der Waals surface area contributed by atoms with Crippen molar-refractivity contribution >= 4 is 6.08 Å². The third kappa shape index (κ3) is 1.03. The summed E-state index contributed by atoms with van der Waals surface area (Å²) in [6, 6.07) is 8.45. The van der Waals surface area contributed by atoms with Crippen LogP contribution in [0.4, 0.5) is 0 Å². The second kappa shape index (κ2) is 2.44. The molecule has 1 spiro atoms. The molecule has 0 amide bonds. The Kier molecular flexibility index (Phi) is 1.37. The van der Waals surface area contributed by atoms with Crippen molar-refractivity contribution < 1.29 is 0 Å². The van der Waals surface area contributed by atoms with Crippen LogP contribution in [0.25, 0.3) is 6.08 Å². The van der Waals surface area contributed by atoms with Gasteiger partial charge in [-0.2, -0.15) is 0 Å². The first-order chi connectivity index (χ1) is 6.38. The first-order valence-electron chi connectivity index (χ1n) is 5.01. The highest BCUT2D eigenvalue weighted by Crippen LogP contribution is 2.42. The first kappa shape index (κ1) is 7.31. The number of hydrogen-bond acceptors (Lipinski definition) is 1. The zero-order valence-electron chi connectivity index (χ0n) is 7.66. The molecule has 0 aromatic heterocycles. The van der Waals surface area contributed by atoms with Gasteiger partial charge in [-0.3, -0.25) is 4.99 Å². The molecule has 1 aromatic rings. The average Bonchev–Trinajstić information content (AvgIpc) is 2.15. The number of hydrogen-bond donors (Lipinski definition) is 0. The zero-order chi connectivity index (χ0) is 8.73. The summed E-state index contributed by atoms with van der Waals surface area (Å²) in [7, 11) is 0. The molecular formula is C12H13N. The van der Waals surface area contributed by atoms with Crippen molar-refractivity contribution in [2.45, 2.75) is 19.3 Å². The maximum atomic E-state index is 4.64. The van der Waals surface area contributed by atoms with Crippen LogP contribution in [0.1, 0.15) is 19.3 Å². The molecule has 1 nitrogen and oxygen atoms in total. The molecule has 2 aliphatic rings. The standard InChI is InChI=1S/C12H13N/c1-2-5-11-10(4-1)8-12(9-13-11)6-3-7-12/h1-2,4-5,8H,3,6-7,9H2. The monoisotopic (exact) mass is 171 g/mol. The van der Waals surface area contributed by atoms with Crippen LogP contribution in [0.2, 0.25) is 0 Å². The van der Waals surface area contributed by atoms with E-state index in [1.54, 1.807) is 0 Å². The highest BCUT2D eigenvalue weighted by molar-refractivity contribution is 5.37. The highest BCUT2D eigenvalue weighted by Gasteiger charge is 2.35. The largest absolute Gasteiger partial charge is 0.284 e. The molecule has 0 bridgehead atoms. The van der Waals surface area contributed by atoms with Gasteiger partial charge in [-0.1, -0.05) is 30.7 Å². The summed E-state index contributed by atoms with van der Waals surface area (Å²) in [6.07, 6.45) is 6.50. The summed E-state index contributed by atoms with van der Waals surface area (Å²) >= 11 is 0. The average molecular weight is 171 g/mol.